The van der Waals surface area contributed by atoms with Crippen LogP contribution in [-0.2, 0) is 4.79 Å². The highest BCUT2D eigenvalue weighted by molar-refractivity contribution is 6.13. The standard InChI is InChI=1S/C11H12N2O/c1-2-7-8-5-3-4-6-9(8)13-10(7)11(12)14/h3-5H,2,6H2,1H3,(H2,12,14). The number of primary amides is 1. The summed E-state index contributed by atoms with van der Waals surface area (Å²) < 4.78 is 0. The van der Waals surface area contributed by atoms with Gasteiger partial charge in [-0.3, -0.25) is 4.79 Å². The molecule has 2 rings (SSSR count). The maximum absolute atomic E-state index is 11.1. The van der Waals surface area contributed by atoms with E-state index in [1.54, 1.807) is 0 Å². The highest BCUT2D eigenvalue weighted by Gasteiger charge is 2.25. The van der Waals surface area contributed by atoms with Crippen molar-refractivity contribution in [2.45, 2.75) is 19.8 Å². The van der Waals surface area contributed by atoms with Gasteiger partial charge < -0.3 is 5.73 Å². The van der Waals surface area contributed by atoms with Crippen molar-refractivity contribution in [3.05, 3.63) is 35.1 Å². The maximum atomic E-state index is 11.1. The van der Waals surface area contributed by atoms with Crippen molar-refractivity contribution in [2.75, 3.05) is 0 Å². The summed E-state index contributed by atoms with van der Waals surface area (Å²) in [6, 6.07) is 0. The molecule has 14 heavy (non-hydrogen) atoms. The summed E-state index contributed by atoms with van der Waals surface area (Å²) in [5, 5.41) is 0. The van der Waals surface area contributed by atoms with Gasteiger partial charge in [0.2, 0.25) is 0 Å². The zero-order chi connectivity index (χ0) is 10.1. The lowest BCUT2D eigenvalue weighted by Crippen LogP contribution is -2.13. The number of nitrogens with two attached hydrogens (primary N) is 1. The Morgan fingerprint density at radius 2 is 2.43 bits per heavy atom. The van der Waals surface area contributed by atoms with Crippen LogP contribution >= 0.6 is 0 Å². The first-order valence-corrected chi connectivity index (χ1v) is 4.72. The largest absolute Gasteiger partial charge is 0.364 e. The Labute approximate surface area is 82.7 Å². The number of carbonyl (C=O) groups is 1. The fourth-order valence-corrected chi connectivity index (χ4v) is 1.82. The Bertz CT molecular complexity index is 411. The molecule has 1 amide bonds. The second-order valence-electron chi connectivity index (χ2n) is 3.32. The van der Waals surface area contributed by atoms with Gasteiger partial charge in [0.05, 0.1) is 5.71 Å². The van der Waals surface area contributed by atoms with Gasteiger partial charge in [-0.05, 0) is 12.0 Å². The minimum atomic E-state index is -0.426. The van der Waals surface area contributed by atoms with Crippen LogP contribution < -0.4 is 5.73 Å². The SMILES string of the molecule is CCC1=C(C(N)=O)N=C2CC=CC=C21. The van der Waals surface area contributed by atoms with E-state index in [0.29, 0.717) is 5.70 Å². The van der Waals surface area contributed by atoms with Crippen LogP contribution in [0.3, 0.4) is 0 Å². The number of hydrogen-bond acceptors (Lipinski definition) is 2. The van der Waals surface area contributed by atoms with E-state index in [-0.39, 0.29) is 0 Å². The first-order chi connectivity index (χ1) is 6.74. The van der Waals surface area contributed by atoms with E-state index in [4.69, 9.17) is 5.73 Å². The van der Waals surface area contributed by atoms with E-state index in [1.807, 2.05) is 25.2 Å². The number of carbonyl (C=O) groups excluding carboxylic acids is 1. The average Bonchev–Trinajstić information content (AvgIpc) is 2.56. The van der Waals surface area contributed by atoms with E-state index in [9.17, 15) is 4.79 Å². The Balaban J connectivity index is 2.50. The summed E-state index contributed by atoms with van der Waals surface area (Å²) >= 11 is 0. The Morgan fingerprint density at radius 3 is 3.07 bits per heavy atom. The van der Waals surface area contributed by atoms with Crippen LogP contribution in [0.2, 0.25) is 0 Å². The predicted octanol–water partition coefficient (Wildman–Crippen LogP) is 1.48. The number of aliphatic imine (C=N–C) groups is 1. The highest BCUT2D eigenvalue weighted by atomic mass is 16.1. The summed E-state index contributed by atoms with van der Waals surface area (Å²) in [5.74, 6) is -0.426. The van der Waals surface area contributed by atoms with Crippen LogP contribution in [0.15, 0.2) is 40.1 Å². The van der Waals surface area contributed by atoms with Gasteiger partial charge in [0, 0.05) is 12.0 Å². The van der Waals surface area contributed by atoms with Gasteiger partial charge in [0.15, 0.2) is 0 Å². The molecule has 0 aromatic heterocycles. The fourth-order valence-electron chi connectivity index (χ4n) is 1.82. The molecule has 3 nitrogen and oxygen atoms in total. The molecule has 0 aromatic rings. The molecule has 1 heterocycles. The lowest BCUT2D eigenvalue weighted by Gasteiger charge is -2.07. The summed E-state index contributed by atoms with van der Waals surface area (Å²) in [5.41, 5.74) is 8.75. The average molecular weight is 188 g/mol. The Kier molecular flexibility index (Phi) is 2.08. The minimum absolute atomic E-state index is 0.426. The lowest BCUT2D eigenvalue weighted by molar-refractivity contribution is -0.114. The van der Waals surface area contributed by atoms with Crippen LogP contribution in [0.4, 0.5) is 0 Å². The van der Waals surface area contributed by atoms with Gasteiger partial charge in [-0.25, -0.2) is 4.99 Å². The van der Waals surface area contributed by atoms with E-state index < -0.39 is 5.91 Å². The third-order valence-electron chi connectivity index (χ3n) is 2.47. The molecule has 0 radical (unpaired) electrons. The van der Waals surface area contributed by atoms with E-state index in [2.05, 4.69) is 4.99 Å². The summed E-state index contributed by atoms with van der Waals surface area (Å²) in [4.78, 5) is 15.4. The first-order valence-electron chi connectivity index (χ1n) is 4.72. The van der Waals surface area contributed by atoms with Gasteiger partial charge in [-0.1, -0.05) is 25.2 Å². The van der Waals surface area contributed by atoms with Crippen molar-refractivity contribution >= 4 is 11.6 Å². The van der Waals surface area contributed by atoms with Gasteiger partial charge in [0.1, 0.15) is 5.70 Å². The smallest absolute Gasteiger partial charge is 0.267 e. The number of fused-ring (bicyclic) bond motifs is 1. The number of hydrogen-bond donors (Lipinski definition) is 1. The third-order valence-corrected chi connectivity index (χ3v) is 2.47. The van der Waals surface area contributed by atoms with Crippen molar-refractivity contribution in [3.63, 3.8) is 0 Å². The molecular formula is C11H12N2O. The van der Waals surface area contributed by atoms with Crippen molar-refractivity contribution in [1.29, 1.82) is 0 Å². The molecule has 0 spiro atoms. The third kappa shape index (κ3) is 1.21. The van der Waals surface area contributed by atoms with Crippen molar-refractivity contribution in [2.24, 2.45) is 10.7 Å². The molecule has 1 aliphatic heterocycles. The molecule has 72 valence electrons. The van der Waals surface area contributed by atoms with Crippen LogP contribution in [0.5, 0.6) is 0 Å². The van der Waals surface area contributed by atoms with Crippen LogP contribution in [-0.4, -0.2) is 11.6 Å². The Hall–Kier alpha value is -1.64. The van der Waals surface area contributed by atoms with Gasteiger partial charge in [-0.2, -0.15) is 0 Å². The van der Waals surface area contributed by atoms with Crippen molar-refractivity contribution in [1.82, 2.24) is 0 Å². The van der Waals surface area contributed by atoms with Gasteiger partial charge >= 0.3 is 0 Å². The number of rotatable bonds is 2. The molecule has 1 aliphatic carbocycles. The molecule has 2 N–H and O–H groups in total. The molecule has 0 atom stereocenters. The molecule has 0 bridgehead atoms. The maximum Gasteiger partial charge on any atom is 0.267 e. The summed E-state index contributed by atoms with van der Waals surface area (Å²) in [6.45, 7) is 2.01. The molecule has 0 saturated carbocycles. The van der Waals surface area contributed by atoms with Crippen LogP contribution in [0.1, 0.15) is 19.8 Å². The minimum Gasteiger partial charge on any atom is -0.364 e. The number of allylic oxidation sites excluding steroid dienone is 5. The van der Waals surface area contributed by atoms with E-state index in [1.165, 1.54) is 0 Å². The fraction of sp³-hybridized carbons (Fsp3) is 0.273. The zero-order valence-corrected chi connectivity index (χ0v) is 8.08. The zero-order valence-electron chi connectivity index (χ0n) is 8.08. The quantitative estimate of drug-likeness (QED) is 0.701. The second-order valence-corrected chi connectivity index (χ2v) is 3.32. The summed E-state index contributed by atoms with van der Waals surface area (Å²) in [7, 11) is 0. The predicted molar refractivity (Wildman–Crippen MR) is 55.8 cm³/mol. The molecule has 0 saturated heterocycles. The molecule has 0 fully saturated rings. The van der Waals surface area contributed by atoms with E-state index in [0.717, 1.165) is 29.7 Å². The van der Waals surface area contributed by atoms with Crippen LogP contribution in [0.25, 0.3) is 0 Å². The van der Waals surface area contributed by atoms with Crippen molar-refractivity contribution in [3.8, 4) is 0 Å². The first kappa shape index (κ1) is 8.94. The normalized spacial score (nSPS) is 19.2. The Morgan fingerprint density at radius 1 is 1.64 bits per heavy atom. The second kappa shape index (κ2) is 3.25. The molecule has 2 aliphatic rings. The molecule has 0 aromatic carbocycles. The monoisotopic (exact) mass is 188 g/mol. The highest BCUT2D eigenvalue weighted by Crippen LogP contribution is 2.30. The van der Waals surface area contributed by atoms with Crippen LogP contribution in [0, 0.1) is 0 Å². The molecule has 0 unspecified atom stereocenters. The van der Waals surface area contributed by atoms with Gasteiger partial charge in [-0.15, -0.1) is 0 Å². The van der Waals surface area contributed by atoms with Gasteiger partial charge in [0.25, 0.3) is 5.91 Å². The topological polar surface area (TPSA) is 55.5 Å². The van der Waals surface area contributed by atoms with E-state index >= 15 is 0 Å². The number of nitrogens with zero attached hydrogens (tertiary/aromatic N) is 1. The lowest BCUT2D eigenvalue weighted by atomic mass is 9.95. The molecular weight excluding hydrogens is 176 g/mol. The number of amides is 1. The molecule has 3 heteroatoms. The summed E-state index contributed by atoms with van der Waals surface area (Å²) in [6.07, 6.45) is 7.61. The van der Waals surface area contributed by atoms with Crippen molar-refractivity contribution < 1.29 is 4.79 Å².